The Morgan fingerprint density at radius 1 is 1.38 bits per heavy atom. The number of primary amides is 1. The van der Waals surface area contributed by atoms with Crippen LogP contribution in [0.2, 0.25) is 0 Å². The lowest BCUT2D eigenvalue weighted by atomic mass is 10.2. The Hall–Kier alpha value is -2.59. The van der Waals surface area contributed by atoms with Gasteiger partial charge in [-0.2, -0.15) is 4.68 Å². The molecular weight excluding hydrogens is 399 g/mol. The number of aromatic amines is 1. The zero-order valence-electron chi connectivity index (χ0n) is 15.6. The van der Waals surface area contributed by atoms with Crippen LogP contribution in [0.3, 0.4) is 0 Å². The first-order valence-electron chi connectivity index (χ1n) is 9.17. The normalized spacial score (nSPS) is 14.7. The summed E-state index contributed by atoms with van der Waals surface area (Å²) in [6.45, 7) is 0.590. The smallest absolute Gasteiger partial charge is 0.262 e. The maximum Gasteiger partial charge on any atom is 0.262 e. The Labute approximate surface area is 166 Å². The average molecular weight is 422 g/mol. The van der Waals surface area contributed by atoms with E-state index in [4.69, 9.17) is 25.0 Å². The first-order valence-corrected chi connectivity index (χ1v) is 10.7. The second-order valence-corrected chi connectivity index (χ2v) is 7.85. The van der Waals surface area contributed by atoms with Crippen molar-refractivity contribution in [1.29, 1.82) is 0 Å². The van der Waals surface area contributed by atoms with E-state index in [2.05, 4.69) is 36.7 Å². The highest BCUT2D eigenvalue weighted by Gasteiger charge is 2.26. The van der Waals surface area contributed by atoms with Gasteiger partial charge in [0, 0.05) is 11.6 Å². The summed E-state index contributed by atoms with van der Waals surface area (Å²) in [5.41, 5.74) is 8.12. The summed E-state index contributed by atoms with van der Waals surface area (Å²) in [5.74, 6) is -0.279. The lowest BCUT2D eigenvalue weighted by Gasteiger charge is -2.09. The lowest BCUT2D eigenvalue weighted by Crippen LogP contribution is -2.45. The summed E-state index contributed by atoms with van der Waals surface area (Å²) in [5, 5.41) is 1.00. The standard InChI is InChI=1S/C17H20N6O.H3O4P/c18-15(24)6-8-22-9-12(10-23(22)13-3-1-2-4-13)16-14-5-7-19-17(14)21-11-20-16;1-5(2,3)4/h5,7,9-11,13H,1-4,6,8H2,(H2-,18,19,20,21,24);(H3,1,2,3,4). The summed E-state index contributed by atoms with van der Waals surface area (Å²) in [4.78, 5) is 46.0. The summed E-state index contributed by atoms with van der Waals surface area (Å²) in [6.07, 6.45) is 12.9. The zero-order chi connectivity index (χ0) is 21.0. The van der Waals surface area contributed by atoms with Crippen molar-refractivity contribution in [1.82, 2.24) is 19.6 Å². The minimum absolute atomic E-state index is 0.279. The third-order valence-corrected chi connectivity index (χ3v) is 4.77. The Morgan fingerprint density at radius 3 is 2.72 bits per heavy atom. The molecule has 29 heavy (non-hydrogen) atoms. The van der Waals surface area contributed by atoms with Crippen molar-refractivity contribution in [2.75, 3.05) is 0 Å². The van der Waals surface area contributed by atoms with Gasteiger partial charge in [-0.3, -0.25) is 9.36 Å². The van der Waals surface area contributed by atoms with E-state index < -0.39 is 7.82 Å². The van der Waals surface area contributed by atoms with Crippen molar-refractivity contribution in [3.05, 3.63) is 31.0 Å². The van der Waals surface area contributed by atoms with Crippen LogP contribution < -0.4 is 15.3 Å². The minimum atomic E-state index is -4.89. The van der Waals surface area contributed by atoms with Crippen molar-refractivity contribution >= 4 is 24.8 Å². The molecule has 3 aromatic rings. The molecule has 0 unspecified atom stereocenters. The van der Waals surface area contributed by atoms with Gasteiger partial charge >= 0.3 is 0 Å². The molecular formula is C17H23N6O5P. The van der Waals surface area contributed by atoms with E-state index in [0.29, 0.717) is 19.0 Å². The Kier molecular flexibility index (Phi) is 6.43. The third-order valence-electron chi connectivity index (χ3n) is 4.77. The molecule has 0 aromatic carbocycles. The van der Waals surface area contributed by atoms with Crippen LogP contribution in [0.5, 0.6) is 0 Å². The second kappa shape index (κ2) is 8.83. The van der Waals surface area contributed by atoms with Crippen LogP contribution in [0, 0.1) is 0 Å². The summed E-state index contributed by atoms with van der Waals surface area (Å²) >= 11 is 0. The molecule has 1 aliphatic rings. The maximum atomic E-state index is 11.2. The molecule has 3 aromatic heterocycles. The molecule has 156 valence electrons. The predicted octanol–water partition coefficient (Wildman–Crippen LogP) is 0.144. The number of carbonyl (C=O) groups is 1. The molecule has 3 heterocycles. The van der Waals surface area contributed by atoms with Crippen LogP contribution in [0.15, 0.2) is 31.0 Å². The number of hydrogen-bond donors (Lipinski definition) is 4. The SMILES string of the molecule is NC(=O)CC[n+]1cc(-c2ncnc3[nH]ccc23)cn1C1CCCC1.O=P([O-])(O)O. The first kappa shape index (κ1) is 21.1. The number of aromatic nitrogens is 5. The molecule has 1 fully saturated rings. The number of nitrogens with zero attached hydrogens (tertiary/aromatic N) is 4. The van der Waals surface area contributed by atoms with Crippen LogP contribution >= 0.6 is 7.82 Å². The second-order valence-electron chi connectivity index (χ2n) is 6.86. The first-order chi connectivity index (χ1) is 13.7. The highest BCUT2D eigenvalue weighted by molar-refractivity contribution is 7.43. The number of phosphoric acid groups is 1. The molecule has 0 bridgehead atoms. The van der Waals surface area contributed by atoms with Gasteiger partial charge in [0.15, 0.2) is 6.54 Å². The molecule has 0 spiro atoms. The molecule has 0 saturated heterocycles. The van der Waals surface area contributed by atoms with Gasteiger partial charge in [-0.25, -0.2) is 9.97 Å². The van der Waals surface area contributed by atoms with Crippen LogP contribution in [-0.4, -0.2) is 35.3 Å². The van der Waals surface area contributed by atoms with Gasteiger partial charge < -0.3 is 25.4 Å². The number of hydrogen-bond acceptors (Lipinski definition) is 5. The molecule has 0 atom stereocenters. The fraction of sp³-hybridized carbons (Fsp3) is 0.412. The van der Waals surface area contributed by atoms with E-state index in [1.807, 2.05) is 12.3 Å². The van der Waals surface area contributed by atoms with Gasteiger partial charge in [-0.15, -0.1) is 4.68 Å². The molecule has 11 nitrogen and oxygen atoms in total. The number of H-pyrrole nitrogens is 1. The van der Waals surface area contributed by atoms with Crippen molar-refractivity contribution in [2.45, 2.75) is 44.7 Å². The maximum absolute atomic E-state index is 11.2. The van der Waals surface area contributed by atoms with E-state index in [9.17, 15) is 4.79 Å². The van der Waals surface area contributed by atoms with Crippen molar-refractivity contribution in [2.24, 2.45) is 5.73 Å². The largest absolute Gasteiger partial charge is 0.756 e. The molecule has 0 aliphatic heterocycles. The fourth-order valence-corrected chi connectivity index (χ4v) is 3.59. The third kappa shape index (κ3) is 5.70. The fourth-order valence-electron chi connectivity index (χ4n) is 3.59. The monoisotopic (exact) mass is 422 g/mol. The number of fused-ring (bicyclic) bond motifs is 1. The number of amides is 1. The molecule has 0 radical (unpaired) electrons. The van der Waals surface area contributed by atoms with Crippen LogP contribution in [0.25, 0.3) is 22.3 Å². The van der Waals surface area contributed by atoms with Crippen molar-refractivity contribution in [3.63, 3.8) is 0 Å². The van der Waals surface area contributed by atoms with Crippen LogP contribution in [0.1, 0.15) is 38.1 Å². The van der Waals surface area contributed by atoms with Crippen molar-refractivity contribution in [3.8, 4) is 11.3 Å². The quantitative estimate of drug-likeness (QED) is 0.334. The highest BCUT2D eigenvalue weighted by atomic mass is 31.2. The van der Waals surface area contributed by atoms with Gasteiger partial charge in [-0.05, 0) is 18.9 Å². The topological polar surface area (TPSA) is 174 Å². The Morgan fingerprint density at radius 2 is 2.07 bits per heavy atom. The summed E-state index contributed by atoms with van der Waals surface area (Å²) in [7, 11) is -4.89. The van der Waals surface area contributed by atoms with E-state index >= 15 is 0 Å². The minimum Gasteiger partial charge on any atom is -0.756 e. The summed E-state index contributed by atoms with van der Waals surface area (Å²) < 4.78 is 13.1. The van der Waals surface area contributed by atoms with E-state index in [1.165, 1.54) is 25.7 Å². The number of aryl methyl sites for hydroxylation is 1. The molecule has 4 rings (SSSR count). The van der Waals surface area contributed by atoms with Crippen LogP contribution in [0.4, 0.5) is 0 Å². The van der Waals surface area contributed by atoms with Gasteiger partial charge in [0.1, 0.15) is 12.0 Å². The number of carbonyl (C=O) groups excluding carboxylic acids is 1. The molecule has 5 N–H and O–H groups in total. The number of rotatable bonds is 5. The van der Waals surface area contributed by atoms with E-state index in [1.54, 1.807) is 6.33 Å². The molecule has 1 amide bonds. The average Bonchev–Trinajstić information content (AvgIpc) is 3.36. The molecule has 12 heteroatoms. The van der Waals surface area contributed by atoms with Crippen molar-refractivity contribution < 1.29 is 28.7 Å². The lowest BCUT2D eigenvalue weighted by molar-refractivity contribution is -0.776. The molecule has 1 saturated carbocycles. The number of nitrogens with one attached hydrogen (secondary N) is 1. The van der Waals surface area contributed by atoms with Crippen LogP contribution in [-0.2, 0) is 15.9 Å². The zero-order valence-corrected chi connectivity index (χ0v) is 16.5. The van der Waals surface area contributed by atoms with E-state index in [0.717, 1.165) is 22.3 Å². The van der Waals surface area contributed by atoms with Gasteiger partial charge in [0.25, 0.3) is 7.82 Å². The van der Waals surface area contributed by atoms with E-state index in [-0.39, 0.29) is 5.91 Å². The van der Waals surface area contributed by atoms with Gasteiger partial charge in [-0.1, -0.05) is 12.8 Å². The molecule has 1 aliphatic carbocycles. The predicted molar refractivity (Wildman–Crippen MR) is 101 cm³/mol. The highest BCUT2D eigenvalue weighted by Crippen LogP contribution is 2.31. The Balaban J connectivity index is 0.000000431. The Bertz CT molecular complexity index is 1030. The van der Waals surface area contributed by atoms with Gasteiger partial charge in [0.05, 0.1) is 29.9 Å². The summed E-state index contributed by atoms with van der Waals surface area (Å²) in [6, 6.07) is 2.47. The number of nitrogens with two attached hydrogens (primary N) is 1. The van der Waals surface area contributed by atoms with Gasteiger partial charge in [0.2, 0.25) is 12.1 Å².